The minimum Gasteiger partial charge on any atom is -1.00 e. The summed E-state index contributed by atoms with van der Waals surface area (Å²) < 4.78 is 4.96. The number of carboxylic acid groups (broad SMARTS) is 1. The summed E-state index contributed by atoms with van der Waals surface area (Å²) in [7, 11) is 1.47. The van der Waals surface area contributed by atoms with Gasteiger partial charge in [-0.05, 0) is 0 Å². The van der Waals surface area contributed by atoms with Gasteiger partial charge in [-0.1, -0.05) is 0 Å². The molecule has 0 atom stereocenters. The monoisotopic (exact) mass is 244 g/mol. The van der Waals surface area contributed by atoms with E-state index in [2.05, 4.69) is 15.2 Å². The number of carbonyl (C=O) groups is 1. The van der Waals surface area contributed by atoms with Gasteiger partial charge in [0.15, 0.2) is 5.69 Å². The molecule has 17 heavy (non-hydrogen) atoms. The third-order valence-electron chi connectivity index (χ3n) is 1.91. The molecule has 0 aliphatic carbocycles. The second kappa shape index (κ2) is 5.76. The molecular weight excluding hydrogens is 235 g/mol. The molecule has 2 aromatic rings. The summed E-state index contributed by atoms with van der Waals surface area (Å²) in [6.45, 7) is 0. The van der Waals surface area contributed by atoms with Crippen molar-refractivity contribution in [2.24, 2.45) is 0 Å². The molecule has 0 spiro atoms. The van der Waals surface area contributed by atoms with Crippen molar-refractivity contribution in [1.29, 1.82) is 0 Å². The van der Waals surface area contributed by atoms with Crippen LogP contribution in [0.5, 0.6) is 5.75 Å². The number of hydrogen-bond donors (Lipinski definition) is 1. The fourth-order valence-corrected chi connectivity index (χ4v) is 1.20. The second-order valence-electron chi connectivity index (χ2n) is 2.87. The van der Waals surface area contributed by atoms with E-state index in [1.54, 1.807) is 0 Å². The topological polar surface area (TPSA) is 90.1 Å². The van der Waals surface area contributed by atoms with E-state index >= 15 is 0 Å². The maximum Gasteiger partial charge on any atom is 1.00 e. The van der Waals surface area contributed by atoms with Gasteiger partial charge < -0.3 is 11.3 Å². The Balaban J connectivity index is 0.00000144. The van der Waals surface area contributed by atoms with Gasteiger partial charge in [0.2, 0.25) is 0 Å². The first kappa shape index (κ1) is 13.6. The van der Waals surface area contributed by atoms with Crippen molar-refractivity contribution in [3.05, 3.63) is 30.4 Å². The number of hydrogen-bond acceptors (Lipinski definition) is 5. The zero-order chi connectivity index (χ0) is 11.5. The molecule has 0 bridgehead atoms. The van der Waals surface area contributed by atoms with Crippen LogP contribution in [0.15, 0.2) is 24.7 Å². The fourth-order valence-electron chi connectivity index (χ4n) is 1.20. The maximum atomic E-state index is 10.9. The molecule has 0 unspecified atom stereocenters. The van der Waals surface area contributed by atoms with Crippen LogP contribution in [0.3, 0.4) is 0 Å². The van der Waals surface area contributed by atoms with Crippen LogP contribution >= 0.6 is 0 Å². The average molecular weight is 244 g/mol. The number of aromatic carboxylic acids is 1. The summed E-state index contributed by atoms with van der Waals surface area (Å²) in [6, 6.07) is 1.51. The van der Waals surface area contributed by atoms with E-state index in [0.717, 1.165) is 0 Å². The van der Waals surface area contributed by atoms with Gasteiger partial charge in [-0.25, -0.2) is 9.78 Å². The third kappa shape index (κ3) is 2.82. The van der Waals surface area contributed by atoms with Gasteiger partial charge in [0.25, 0.3) is 0 Å². The van der Waals surface area contributed by atoms with Crippen molar-refractivity contribution in [2.45, 2.75) is 0 Å². The normalized spacial score (nSPS) is 9.47. The van der Waals surface area contributed by atoms with E-state index in [1.165, 1.54) is 36.6 Å². The standard InChI is InChI=1S/C9H8N4O3.Na.H/c1-16-6-4-7(13-11-2-3-12-13)8(9(14)15)10-5-6;;/h2-5H,1H3,(H,14,15);;/q;+1;-1. The molecule has 0 saturated heterocycles. The molecule has 0 amide bonds. The first-order valence-corrected chi connectivity index (χ1v) is 4.36. The molecule has 1 N–H and O–H groups in total. The van der Waals surface area contributed by atoms with Crippen molar-refractivity contribution in [3.63, 3.8) is 0 Å². The molecular formula is C9H9N4NaO3. The first-order valence-electron chi connectivity index (χ1n) is 4.36. The fraction of sp³-hybridized carbons (Fsp3) is 0.111. The number of pyridine rings is 1. The van der Waals surface area contributed by atoms with Crippen LogP contribution in [0.1, 0.15) is 11.9 Å². The van der Waals surface area contributed by atoms with Gasteiger partial charge in [-0.15, -0.1) is 4.80 Å². The molecule has 2 aromatic heterocycles. The Hall–Kier alpha value is -1.44. The summed E-state index contributed by atoms with van der Waals surface area (Å²) in [4.78, 5) is 15.9. The van der Waals surface area contributed by atoms with Gasteiger partial charge in [-0.2, -0.15) is 10.2 Å². The number of carboxylic acids is 1. The summed E-state index contributed by atoms with van der Waals surface area (Å²) in [5, 5.41) is 16.7. The van der Waals surface area contributed by atoms with Crippen molar-refractivity contribution >= 4 is 5.97 Å². The summed E-state index contributed by atoms with van der Waals surface area (Å²) >= 11 is 0. The number of ether oxygens (including phenoxy) is 1. The van der Waals surface area contributed by atoms with Gasteiger partial charge in [0.1, 0.15) is 11.4 Å². The van der Waals surface area contributed by atoms with Crippen LogP contribution in [0.4, 0.5) is 0 Å². The minimum absolute atomic E-state index is 0. The van der Waals surface area contributed by atoms with Crippen LogP contribution < -0.4 is 34.3 Å². The summed E-state index contributed by atoms with van der Waals surface area (Å²) in [5.41, 5.74) is 0.133. The van der Waals surface area contributed by atoms with Crippen molar-refractivity contribution in [2.75, 3.05) is 7.11 Å². The Bertz CT molecular complexity index is 521. The van der Waals surface area contributed by atoms with Crippen LogP contribution in [0, 0.1) is 0 Å². The Morgan fingerprint density at radius 2 is 2.12 bits per heavy atom. The molecule has 0 aliphatic rings. The molecule has 0 aliphatic heterocycles. The van der Waals surface area contributed by atoms with E-state index in [-0.39, 0.29) is 42.4 Å². The summed E-state index contributed by atoms with van der Waals surface area (Å²) in [5.74, 6) is -0.702. The summed E-state index contributed by atoms with van der Waals surface area (Å²) in [6.07, 6.45) is 4.23. The molecule has 84 valence electrons. The van der Waals surface area contributed by atoms with E-state index in [0.29, 0.717) is 5.75 Å². The van der Waals surface area contributed by atoms with Gasteiger partial charge in [0.05, 0.1) is 25.7 Å². The Morgan fingerprint density at radius 1 is 1.47 bits per heavy atom. The van der Waals surface area contributed by atoms with E-state index in [1.807, 2.05) is 0 Å². The number of aromatic nitrogens is 4. The molecule has 0 saturated carbocycles. The largest absolute Gasteiger partial charge is 1.00 e. The maximum absolute atomic E-state index is 10.9. The van der Waals surface area contributed by atoms with Crippen molar-refractivity contribution < 1.29 is 45.6 Å². The first-order chi connectivity index (χ1) is 7.72. The zero-order valence-corrected chi connectivity index (χ0v) is 11.4. The smallest absolute Gasteiger partial charge is 1.00 e. The van der Waals surface area contributed by atoms with Crippen LogP contribution in [-0.4, -0.2) is 38.2 Å². The molecule has 0 aromatic carbocycles. The predicted molar refractivity (Wildman–Crippen MR) is 53.8 cm³/mol. The zero-order valence-electron chi connectivity index (χ0n) is 10.4. The molecule has 0 fully saturated rings. The number of nitrogens with zero attached hydrogens (tertiary/aromatic N) is 4. The Labute approximate surface area is 120 Å². The third-order valence-corrected chi connectivity index (χ3v) is 1.91. The molecule has 0 radical (unpaired) electrons. The molecule has 2 rings (SSSR count). The van der Waals surface area contributed by atoms with E-state index in [9.17, 15) is 4.79 Å². The predicted octanol–water partition coefficient (Wildman–Crippen LogP) is -2.51. The van der Waals surface area contributed by atoms with Crippen molar-refractivity contribution in [3.8, 4) is 11.4 Å². The van der Waals surface area contributed by atoms with E-state index < -0.39 is 5.97 Å². The second-order valence-corrected chi connectivity index (χ2v) is 2.87. The molecule has 7 nitrogen and oxygen atoms in total. The SMILES string of the molecule is COc1cnc(C(=O)O)c(-n2nccn2)c1.[H-].[Na+]. The van der Waals surface area contributed by atoms with Gasteiger partial charge in [0, 0.05) is 6.07 Å². The average Bonchev–Trinajstić information content (AvgIpc) is 2.81. The molecule has 2 heterocycles. The Morgan fingerprint density at radius 3 is 2.65 bits per heavy atom. The van der Waals surface area contributed by atoms with Crippen LogP contribution in [-0.2, 0) is 0 Å². The van der Waals surface area contributed by atoms with E-state index in [4.69, 9.17) is 9.84 Å². The number of rotatable bonds is 3. The Kier molecular flexibility index (Phi) is 4.62. The molecule has 8 heteroatoms. The van der Waals surface area contributed by atoms with Crippen LogP contribution in [0.25, 0.3) is 5.69 Å². The van der Waals surface area contributed by atoms with Gasteiger partial charge in [-0.3, -0.25) is 0 Å². The van der Waals surface area contributed by atoms with Crippen LogP contribution in [0.2, 0.25) is 0 Å². The minimum atomic E-state index is -1.14. The van der Waals surface area contributed by atoms with Gasteiger partial charge >= 0.3 is 35.5 Å². The number of methoxy groups -OCH3 is 1. The van der Waals surface area contributed by atoms with Crippen molar-refractivity contribution in [1.82, 2.24) is 20.0 Å². The quantitative estimate of drug-likeness (QED) is 0.599.